The Morgan fingerprint density at radius 1 is 0.938 bits per heavy atom. The van der Waals surface area contributed by atoms with Crippen molar-refractivity contribution in [2.45, 2.75) is 17.9 Å². The molecule has 0 heterocycles. The van der Waals surface area contributed by atoms with Crippen LogP contribution in [0.3, 0.4) is 0 Å². The van der Waals surface area contributed by atoms with Gasteiger partial charge >= 0.3 is 0 Å². The molecule has 7 nitrogen and oxygen atoms in total. The fraction of sp³-hybridized carbons (Fsp3) is 0.208. The molecule has 3 aromatic rings. The molecule has 0 radical (unpaired) electrons. The van der Waals surface area contributed by atoms with E-state index in [9.17, 15) is 13.2 Å². The van der Waals surface area contributed by atoms with Crippen LogP contribution in [0.25, 0.3) is 0 Å². The van der Waals surface area contributed by atoms with Crippen LogP contribution in [0.2, 0.25) is 0 Å². The molecule has 0 bridgehead atoms. The van der Waals surface area contributed by atoms with Gasteiger partial charge in [-0.05, 0) is 36.8 Å². The Bertz CT molecular complexity index is 1150. The van der Waals surface area contributed by atoms with Gasteiger partial charge in [0.05, 0.1) is 30.8 Å². The number of hydrogen-bond donors (Lipinski definition) is 1. The topological polar surface area (TPSA) is 84.9 Å². The molecular formula is C24H26N2O5S. The van der Waals surface area contributed by atoms with E-state index >= 15 is 0 Å². The van der Waals surface area contributed by atoms with Crippen LogP contribution in [0, 0.1) is 0 Å². The van der Waals surface area contributed by atoms with Crippen molar-refractivity contribution in [1.82, 2.24) is 5.32 Å². The molecule has 0 spiro atoms. The van der Waals surface area contributed by atoms with Gasteiger partial charge in [-0.1, -0.05) is 48.5 Å². The number of anilines is 1. The molecule has 168 valence electrons. The van der Waals surface area contributed by atoms with Crippen molar-refractivity contribution in [3.63, 3.8) is 0 Å². The maximum atomic E-state index is 13.5. The monoisotopic (exact) mass is 454 g/mol. The smallest absolute Gasteiger partial charge is 0.264 e. The Morgan fingerprint density at radius 2 is 1.56 bits per heavy atom. The zero-order valence-electron chi connectivity index (χ0n) is 18.2. The Morgan fingerprint density at radius 3 is 2.16 bits per heavy atom. The highest BCUT2D eigenvalue weighted by Gasteiger charge is 2.30. The molecule has 0 fully saturated rings. The molecule has 3 aromatic carbocycles. The number of nitrogens with one attached hydrogen (secondary N) is 1. The molecule has 0 aliphatic heterocycles. The van der Waals surface area contributed by atoms with Crippen LogP contribution >= 0.6 is 0 Å². The van der Waals surface area contributed by atoms with Gasteiger partial charge in [0, 0.05) is 6.07 Å². The first-order valence-corrected chi connectivity index (χ1v) is 11.4. The fourth-order valence-electron chi connectivity index (χ4n) is 3.25. The van der Waals surface area contributed by atoms with Crippen molar-refractivity contribution in [3.05, 3.63) is 84.4 Å². The van der Waals surface area contributed by atoms with Crippen molar-refractivity contribution < 1.29 is 22.7 Å². The molecule has 0 saturated carbocycles. The van der Waals surface area contributed by atoms with Crippen molar-refractivity contribution in [3.8, 4) is 11.5 Å². The van der Waals surface area contributed by atoms with E-state index in [0.717, 1.165) is 9.87 Å². The summed E-state index contributed by atoms with van der Waals surface area (Å²) in [6, 6.07) is 21.9. The van der Waals surface area contributed by atoms with E-state index in [4.69, 9.17) is 9.47 Å². The summed E-state index contributed by atoms with van der Waals surface area (Å²) >= 11 is 0. The molecule has 1 atom stereocenters. The normalized spacial score (nSPS) is 12.0. The summed E-state index contributed by atoms with van der Waals surface area (Å²) in [6.45, 7) is 1.42. The summed E-state index contributed by atoms with van der Waals surface area (Å²) in [5.74, 6) is 0.330. The quantitative estimate of drug-likeness (QED) is 0.532. The molecule has 0 aromatic heterocycles. The molecule has 0 unspecified atom stereocenters. The minimum Gasteiger partial charge on any atom is -0.497 e. The number of sulfonamides is 1. The lowest BCUT2D eigenvalue weighted by molar-refractivity contribution is -0.120. The zero-order valence-corrected chi connectivity index (χ0v) is 19.0. The Kier molecular flexibility index (Phi) is 7.37. The van der Waals surface area contributed by atoms with Gasteiger partial charge in [0.2, 0.25) is 5.91 Å². The summed E-state index contributed by atoms with van der Waals surface area (Å²) in [7, 11) is -1.11. The number of amides is 1. The summed E-state index contributed by atoms with van der Waals surface area (Å²) in [5, 5.41) is 2.87. The van der Waals surface area contributed by atoms with Crippen LogP contribution in [0.5, 0.6) is 11.5 Å². The number of nitrogens with zero attached hydrogens (tertiary/aromatic N) is 1. The predicted octanol–water partition coefficient (Wildman–Crippen LogP) is 3.78. The number of carbonyl (C=O) groups excluding carboxylic acids is 1. The molecule has 0 saturated heterocycles. The lowest BCUT2D eigenvalue weighted by atomic mass is 10.1. The number of ether oxygens (including phenoxy) is 2. The minimum atomic E-state index is -4.05. The van der Waals surface area contributed by atoms with E-state index < -0.39 is 22.5 Å². The first-order valence-electron chi connectivity index (χ1n) is 10.0. The van der Waals surface area contributed by atoms with Crippen LogP contribution in [0.15, 0.2) is 83.8 Å². The molecule has 1 amide bonds. The molecule has 8 heteroatoms. The second-order valence-electron chi connectivity index (χ2n) is 7.06. The predicted molar refractivity (Wildman–Crippen MR) is 124 cm³/mol. The Balaban J connectivity index is 1.97. The molecule has 3 rings (SSSR count). The van der Waals surface area contributed by atoms with Gasteiger partial charge in [0.25, 0.3) is 10.0 Å². The standard InChI is InChI=1S/C24H26N2O5S/c1-18(19-10-6-4-7-11-19)25-24(27)17-26(32(28,29)21-12-8-5-9-13-21)22-15-14-20(30-2)16-23(22)31-3/h4-16,18H,17H2,1-3H3,(H,25,27)/t18-/m0/s1. The fourth-order valence-corrected chi connectivity index (χ4v) is 4.71. The number of methoxy groups -OCH3 is 2. The van der Waals surface area contributed by atoms with E-state index in [-0.39, 0.29) is 22.4 Å². The molecule has 32 heavy (non-hydrogen) atoms. The van der Waals surface area contributed by atoms with Gasteiger partial charge in [0.1, 0.15) is 18.0 Å². The second kappa shape index (κ2) is 10.2. The van der Waals surface area contributed by atoms with E-state index in [0.29, 0.717) is 5.75 Å². The average Bonchev–Trinajstić information content (AvgIpc) is 2.83. The number of benzene rings is 3. The molecule has 0 aliphatic carbocycles. The highest BCUT2D eigenvalue weighted by atomic mass is 32.2. The highest BCUT2D eigenvalue weighted by molar-refractivity contribution is 7.92. The van der Waals surface area contributed by atoms with E-state index in [1.54, 1.807) is 36.4 Å². The van der Waals surface area contributed by atoms with Gasteiger partial charge in [-0.15, -0.1) is 0 Å². The summed E-state index contributed by atoms with van der Waals surface area (Å²) in [4.78, 5) is 13.0. The lowest BCUT2D eigenvalue weighted by Gasteiger charge is -2.26. The maximum Gasteiger partial charge on any atom is 0.264 e. The summed E-state index contributed by atoms with van der Waals surface area (Å²) < 4.78 is 38.7. The van der Waals surface area contributed by atoms with Crippen LogP contribution in [0.1, 0.15) is 18.5 Å². The number of carbonyl (C=O) groups is 1. The first kappa shape index (κ1) is 23.1. The Hall–Kier alpha value is -3.52. The van der Waals surface area contributed by atoms with E-state index in [1.165, 1.54) is 26.4 Å². The van der Waals surface area contributed by atoms with Crippen LogP contribution < -0.4 is 19.1 Å². The van der Waals surface area contributed by atoms with Gasteiger partial charge in [-0.25, -0.2) is 8.42 Å². The van der Waals surface area contributed by atoms with Gasteiger partial charge in [-0.3, -0.25) is 9.10 Å². The lowest BCUT2D eigenvalue weighted by Crippen LogP contribution is -2.41. The largest absolute Gasteiger partial charge is 0.497 e. The number of rotatable bonds is 9. The highest BCUT2D eigenvalue weighted by Crippen LogP contribution is 2.35. The third-order valence-corrected chi connectivity index (χ3v) is 6.73. The van der Waals surface area contributed by atoms with Gasteiger partial charge < -0.3 is 14.8 Å². The summed E-state index contributed by atoms with van der Waals surface area (Å²) in [5.41, 5.74) is 1.15. The van der Waals surface area contributed by atoms with Crippen molar-refractivity contribution in [1.29, 1.82) is 0 Å². The van der Waals surface area contributed by atoms with Crippen LogP contribution in [-0.2, 0) is 14.8 Å². The van der Waals surface area contributed by atoms with E-state index in [1.807, 2.05) is 37.3 Å². The molecular weight excluding hydrogens is 428 g/mol. The molecule has 0 aliphatic rings. The SMILES string of the molecule is COc1ccc(N(CC(=O)N[C@@H](C)c2ccccc2)S(=O)(=O)c2ccccc2)c(OC)c1. The van der Waals surface area contributed by atoms with Crippen LogP contribution in [-0.4, -0.2) is 35.1 Å². The third kappa shape index (κ3) is 5.20. The van der Waals surface area contributed by atoms with Crippen molar-refractivity contribution >= 4 is 21.6 Å². The first-order chi connectivity index (χ1) is 15.4. The second-order valence-corrected chi connectivity index (χ2v) is 8.92. The van der Waals surface area contributed by atoms with Gasteiger partial charge in [-0.2, -0.15) is 0 Å². The maximum absolute atomic E-state index is 13.5. The zero-order chi connectivity index (χ0) is 23.1. The Labute approximate surface area is 188 Å². The van der Waals surface area contributed by atoms with Crippen molar-refractivity contribution in [2.24, 2.45) is 0 Å². The average molecular weight is 455 g/mol. The minimum absolute atomic E-state index is 0.0711. The molecule has 1 N–H and O–H groups in total. The van der Waals surface area contributed by atoms with Gasteiger partial charge in [0.15, 0.2) is 0 Å². The number of hydrogen-bond acceptors (Lipinski definition) is 5. The van der Waals surface area contributed by atoms with E-state index in [2.05, 4.69) is 5.32 Å². The summed E-state index contributed by atoms with van der Waals surface area (Å²) in [6.07, 6.45) is 0. The van der Waals surface area contributed by atoms with Crippen LogP contribution in [0.4, 0.5) is 5.69 Å². The van der Waals surface area contributed by atoms with Crippen molar-refractivity contribution in [2.75, 3.05) is 25.1 Å². The third-order valence-electron chi connectivity index (χ3n) is 4.95.